The number of hydrogen-bond acceptors (Lipinski definition) is 4. The highest BCUT2D eigenvalue weighted by molar-refractivity contribution is 5.67. The second kappa shape index (κ2) is 6.39. The molecule has 0 spiro atoms. The predicted molar refractivity (Wildman–Crippen MR) is 70.1 cm³/mol. The number of aromatic nitrogens is 1. The van der Waals surface area contributed by atoms with Crippen molar-refractivity contribution < 1.29 is 14.3 Å². The van der Waals surface area contributed by atoms with Crippen molar-refractivity contribution in [3.05, 3.63) is 54.2 Å². The Balaban J connectivity index is 1.81. The molecule has 1 amide bonds. The van der Waals surface area contributed by atoms with Gasteiger partial charge in [-0.15, -0.1) is 0 Å². The van der Waals surface area contributed by atoms with E-state index in [0.717, 1.165) is 12.0 Å². The van der Waals surface area contributed by atoms with Gasteiger partial charge < -0.3 is 15.2 Å². The zero-order valence-electron chi connectivity index (χ0n) is 10.3. The monoisotopic (exact) mass is 258 g/mol. The van der Waals surface area contributed by atoms with Crippen LogP contribution in [0.3, 0.4) is 0 Å². The summed E-state index contributed by atoms with van der Waals surface area (Å²) in [4.78, 5) is 14.6. The highest BCUT2D eigenvalue weighted by atomic mass is 16.5. The van der Waals surface area contributed by atoms with Crippen molar-refractivity contribution in [3.8, 4) is 11.6 Å². The van der Waals surface area contributed by atoms with Crippen LogP contribution in [0, 0.1) is 0 Å². The standard InChI is InChI=1S/C14H14N2O3/c15-14(17)19-12-6-4-11(5-7-12)8-10-18-13-3-1-2-9-16-13/h1-7,9H,8,10H2,(H2,15,17). The molecule has 98 valence electrons. The van der Waals surface area contributed by atoms with E-state index in [2.05, 4.69) is 4.98 Å². The van der Waals surface area contributed by atoms with Crippen LogP contribution in [-0.2, 0) is 6.42 Å². The summed E-state index contributed by atoms with van der Waals surface area (Å²) in [6.07, 6.45) is 1.62. The van der Waals surface area contributed by atoms with Gasteiger partial charge >= 0.3 is 6.09 Å². The number of nitrogens with zero attached hydrogens (tertiary/aromatic N) is 1. The SMILES string of the molecule is NC(=O)Oc1ccc(CCOc2ccccn2)cc1. The Bertz CT molecular complexity index is 526. The quantitative estimate of drug-likeness (QED) is 0.891. The van der Waals surface area contributed by atoms with E-state index in [1.807, 2.05) is 30.3 Å². The molecule has 0 radical (unpaired) electrons. The van der Waals surface area contributed by atoms with Crippen molar-refractivity contribution >= 4 is 6.09 Å². The first kappa shape index (κ1) is 12.9. The summed E-state index contributed by atoms with van der Waals surface area (Å²) >= 11 is 0. The molecule has 1 heterocycles. The molecule has 1 aromatic carbocycles. The highest BCUT2D eigenvalue weighted by Gasteiger charge is 2.00. The topological polar surface area (TPSA) is 74.4 Å². The third kappa shape index (κ3) is 4.31. The molecule has 5 heteroatoms. The number of primary amides is 1. The Morgan fingerprint density at radius 3 is 2.58 bits per heavy atom. The first-order chi connectivity index (χ1) is 9.24. The van der Waals surface area contributed by atoms with E-state index in [9.17, 15) is 4.79 Å². The fourth-order valence-corrected chi connectivity index (χ4v) is 1.55. The number of hydrogen-bond donors (Lipinski definition) is 1. The van der Waals surface area contributed by atoms with Crippen LogP contribution < -0.4 is 15.2 Å². The van der Waals surface area contributed by atoms with E-state index in [-0.39, 0.29) is 0 Å². The number of benzene rings is 1. The number of amides is 1. The van der Waals surface area contributed by atoms with Crippen LogP contribution in [0.25, 0.3) is 0 Å². The Morgan fingerprint density at radius 1 is 1.16 bits per heavy atom. The van der Waals surface area contributed by atoms with Gasteiger partial charge in [0, 0.05) is 18.7 Å². The largest absolute Gasteiger partial charge is 0.477 e. The molecule has 2 rings (SSSR count). The van der Waals surface area contributed by atoms with Crippen molar-refractivity contribution in [2.75, 3.05) is 6.61 Å². The minimum atomic E-state index is -0.814. The molecule has 0 fully saturated rings. The lowest BCUT2D eigenvalue weighted by Crippen LogP contribution is -2.16. The van der Waals surface area contributed by atoms with Gasteiger partial charge in [-0.25, -0.2) is 9.78 Å². The molecule has 0 saturated carbocycles. The van der Waals surface area contributed by atoms with Crippen LogP contribution >= 0.6 is 0 Å². The number of ether oxygens (including phenoxy) is 2. The molecule has 0 atom stereocenters. The average Bonchev–Trinajstić information content (AvgIpc) is 2.41. The second-order valence-corrected chi connectivity index (χ2v) is 3.83. The minimum absolute atomic E-state index is 0.432. The number of carbonyl (C=O) groups excluding carboxylic acids is 1. The lowest BCUT2D eigenvalue weighted by Gasteiger charge is -2.06. The molecule has 0 aliphatic heterocycles. The molecule has 0 bridgehead atoms. The lowest BCUT2D eigenvalue weighted by atomic mass is 10.1. The molecule has 2 N–H and O–H groups in total. The molecule has 2 aromatic rings. The van der Waals surface area contributed by atoms with E-state index < -0.39 is 6.09 Å². The van der Waals surface area contributed by atoms with Crippen LogP contribution in [0.2, 0.25) is 0 Å². The Hall–Kier alpha value is -2.56. The summed E-state index contributed by atoms with van der Waals surface area (Å²) in [5.74, 6) is 1.04. The van der Waals surface area contributed by atoms with E-state index in [1.54, 1.807) is 18.3 Å². The molecule has 1 aromatic heterocycles. The van der Waals surface area contributed by atoms with E-state index in [4.69, 9.17) is 15.2 Å². The van der Waals surface area contributed by atoms with Gasteiger partial charge in [-0.05, 0) is 23.8 Å². The number of pyridine rings is 1. The molecular weight excluding hydrogens is 244 g/mol. The lowest BCUT2D eigenvalue weighted by molar-refractivity contribution is 0.211. The molecule has 0 unspecified atom stereocenters. The molecule has 19 heavy (non-hydrogen) atoms. The normalized spacial score (nSPS) is 9.89. The van der Waals surface area contributed by atoms with E-state index in [0.29, 0.717) is 18.2 Å². The zero-order chi connectivity index (χ0) is 13.5. The van der Waals surface area contributed by atoms with Crippen LogP contribution in [0.4, 0.5) is 4.79 Å². The number of nitrogens with two attached hydrogens (primary N) is 1. The van der Waals surface area contributed by atoms with Crippen LogP contribution in [0.5, 0.6) is 11.6 Å². The summed E-state index contributed by atoms with van der Waals surface area (Å²) in [5, 5.41) is 0. The van der Waals surface area contributed by atoms with Gasteiger partial charge in [0.1, 0.15) is 5.75 Å². The van der Waals surface area contributed by atoms with Crippen molar-refractivity contribution in [2.24, 2.45) is 5.73 Å². The fraction of sp³-hybridized carbons (Fsp3) is 0.143. The number of rotatable bonds is 5. The maximum Gasteiger partial charge on any atom is 0.409 e. The van der Waals surface area contributed by atoms with Crippen molar-refractivity contribution in [1.82, 2.24) is 4.98 Å². The summed E-state index contributed by atoms with van der Waals surface area (Å²) in [5.41, 5.74) is 6.00. The third-order valence-corrected chi connectivity index (χ3v) is 2.42. The summed E-state index contributed by atoms with van der Waals surface area (Å²) < 4.78 is 10.2. The van der Waals surface area contributed by atoms with Crippen LogP contribution in [0.1, 0.15) is 5.56 Å². The average molecular weight is 258 g/mol. The van der Waals surface area contributed by atoms with Crippen LogP contribution in [0.15, 0.2) is 48.7 Å². The molecular formula is C14H14N2O3. The first-order valence-electron chi connectivity index (χ1n) is 5.84. The van der Waals surface area contributed by atoms with Crippen molar-refractivity contribution in [3.63, 3.8) is 0 Å². The van der Waals surface area contributed by atoms with E-state index in [1.165, 1.54) is 0 Å². The Labute approximate surface area is 111 Å². The van der Waals surface area contributed by atoms with Crippen LogP contribution in [-0.4, -0.2) is 17.7 Å². The summed E-state index contributed by atoms with van der Waals surface area (Å²) in [7, 11) is 0. The van der Waals surface area contributed by atoms with Gasteiger partial charge in [0.25, 0.3) is 0 Å². The minimum Gasteiger partial charge on any atom is -0.477 e. The molecule has 0 aliphatic rings. The summed E-state index contributed by atoms with van der Waals surface area (Å²) in [6.45, 7) is 0.535. The molecule has 5 nitrogen and oxygen atoms in total. The van der Waals surface area contributed by atoms with Gasteiger partial charge in [0.15, 0.2) is 0 Å². The smallest absolute Gasteiger partial charge is 0.409 e. The third-order valence-electron chi connectivity index (χ3n) is 2.42. The van der Waals surface area contributed by atoms with E-state index >= 15 is 0 Å². The predicted octanol–water partition coefficient (Wildman–Crippen LogP) is 2.16. The van der Waals surface area contributed by atoms with Gasteiger partial charge in [0.2, 0.25) is 5.88 Å². The first-order valence-corrected chi connectivity index (χ1v) is 5.84. The Morgan fingerprint density at radius 2 is 1.95 bits per heavy atom. The fourth-order valence-electron chi connectivity index (χ4n) is 1.55. The van der Waals surface area contributed by atoms with Gasteiger partial charge in [-0.2, -0.15) is 0 Å². The highest BCUT2D eigenvalue weighted by Crippen LogP contribution is 2.13. The summed E-state index contributed by atoms with van der Waals surface area (Å²) in [6, 6.07) is 12.6. The maximum atomic E-state index is 10.6. The number of carbonyl (C=O) groups is 1. The van der Waals surface area contributed by atoms with Crippen molar-refractivity contribution in [1.29, 1.82) is 0 Å². The maximum absolute atomic E-state index is 10.6. The van der Waals surface area contributed by atoms with Crippen molar-refractivity contribution in [2.45, 2.75) is 6.42 Å². The second-order valence-electron chi connectivity index (χ2n) is 3.83. The van der Waals surface area contributed by atoms with Gasteiger partial charge in [-0.1, -0.05) is 18.2 Å². The molecule has 0 saturated heterocycles. The van der Waals surface area contributed by atoms with Gasteiger partial charge in [0.05, 0.1) is 6.61 Å². The molecule has 0 aliphatic carbocycles. The van der Waals surface area contributed by atoms with Gasteiger partial charge in [-0.3, -0.25) is 0 Å². The zero-order valence-corrected chi connectivity index (χ0v) is 10.3. The Kier molecular flexibility index (Phi) is 4.34.